The average molecular weight is 343 g/mol. The average Bonchev–Trinajstić information content (AvgIpc) is 3.10. The number of carbonyl (C=O) groups is 3. The maximum Gasteiger partial charge on any atom is 0.287 e. The fraction of sp³-hybridized carbons (Fsp3) is 0.278. The Balaban J connectivity index is 1.91. The largest absolute Gasteiger partial charge is 0.446 e. The van der Waals surface area contributed by atoms with Gasteiger partial charge in [0.05, 0.1) is 0 Å². The Kier molecular flexibility index (Phi) is 5.94. The molecule has 0 aliphatic rings. The quantitative estimate of drug-likeness (QED) is 0.711. The van der Waals surface area contributed by atoms with Gasteiger partial charge in [-0.25, -0.2) is 0 Å². The summed E-state index contributed by atoms with van der Waals surface area (Å²) >= 11 is 0. The number of hydrogen-bond acceptors (Lipinski definition) is 4. The second-order valence-electron chi connectivity index (χ2n) is 5.69. The van der Waals surface area contributed by atoms with Crippen molar-refractivity contribution in [3.05, 3.63) is 59.0 Å². The third-order valence-electron chi connectivity index (χ3n) is 3.73. The molecule has 0 aliphatic carbocycles. The summed E-state index contributed by atoms with van der Waals surface area (Å²) in [6, 6.07) is 9.80. The van der Waals surface area contributed by atoms with E-state index in [0.29, 0.717) is 5.56 Å². The molecule has 0 bridgehead atoms. The minimum Gasteiger partial charge on any atom is -0.446 e. The monoisotopic (exact) mass is 343 g/mol. The molecule has 1 atom stereocenters. The van der Waals surface area contributed by atoms with Gasteiger partial charge in [0.25, 0.3) is 17.7 Å². The van der Waals surface area contributed by atoms with Gasteiger partial charge in [-0.05, 0) is 43.2 Å². The summed E-state index contributed by atoms with van der Waals surface area (Å²) in [4.78, 5) is 34.9. The lowest BCUT2D eigenvalue weighted by molar-refractivity contribution is 0.0909. The van der Waals surface area contributed by atoms with E-state index in [1.165, 1.54) is 12.1 Å². The van der Waals surface area contributed by atoms with Crippen LogP contribution in [0, 0.1) is 0 Å². The Morgan fingerprint density at radius 2 is 1.68 bits per heavy atom. The van der Waals surface area contributed by atoms with E-state index in [9.17, 15) is 14.4 Å². The Morgan fingerprint density at radius 1 is 1.04 bits per heavy atom. The second-order valence-corrected chi connectivity index (χ2v) is 5.69. The lowest BCUT2D eigenvalue weighted by Gasteiger charge is -2.11. The predicted octanol–water partition coefficient (Wildman–Crippen LogP) is 1.84. The van der Waals surface area contributed by atoms with Crippen LogP contribution in [0.15, 0.2) is 40.8 Å². The van der Waals surface area contributed by atoms with E-state index in [2.05, 4.69) is 10.6 Å². The molecule has 3 amide bonds. The summed E-state index contributed by atoms with van der Waals surface area (Å²) in [6.07, 6.45) is 0.861. The molecule has 0 saturated carbocycles. The Hall–Kier alpha value is -3.09. The zero-order chi connectivity index (χ0) is 18.4. The number of amides is 3. The number of carbonyl (C=O) groups excluding carboxylic acids is 3. The molecule has 4 N–H and O–H groups in total. The van der Waals surface area contributed by atoms with Crippen molar-refractivity contribution in [2.75, 3.05) is 0 Å². The van der Waals surface area contributed by atoms with Crippen LogP contribution >= 0.6 is 0 Å². The maximum absolute atomic E-state index is 12.0. The summed E-state index contributed by atoms with van der Waals surface area (Å²) in [6.45, 7) is 4.21. The number of furan rings is 1. The van der Waals surface area contributed by atoms with Crippen LogP contribution in [-0.4, -0.2) is 23.8 Å². The molecule has 0 spiro atoms. The van der Waals surface area contributed by atoms with Gasteiger partial charge in [-0.2, -0.15) is 0 Å². The van der Waals surface area contributed by atoms with Crippen LogP contribution in [0.2, 0.25) is 0 Å². The molecule has 7 heteroatoms. The Labute approximate surface area is 145 Å². The lowest BCUT2D eigenvalue weighted by atomic mass is 10.1. The summed E-state index contributed by atoms with van der Waals surface area (Å²) in [5.41, 5.74) is 6.46. The van der Waals surface area contributed by atoms with E-state index in [0.717, 1.165) is 12.0 Å². The summed E-state index contributed by atoms with van der Waals surface area (Å²) in [5.74, 6) is -1.36. The SMILES string of the molecule is CC[C@@H](C)NC(=O)c1ccc(CNC(=O)c2ccc(C(N)=O)o2)cc1. The number of benzene rings is 1. The zero-order valence-corrected chi connectivity index (χ0v) is 14.2. The van der Waals surface area contributed by atoms with Crippen LogP contribution in [0.1, 0.15) is 57.3 Å². The van der Waals surface area contributed by atoms with Gasteiger partial charge in [-0.15, -0.1) is 0 Å². The number of rotatable bonds is 7. The highest BCUT2D eigenvalue weighted by atomic mass is 16.4. The molecule has 7 nitrogen and oxygen atoms in total. The van der Waals surface area contributed by atoms with E-state index < -0.39 is 11.8 Å². The van der Waals surface area contributed by atoms with E-state index in [4.69, 9.17) is 10.2 Å². The first kappa shape index (κ1) is 18.3. The van der Waals surface area contributed by atoms with Crippen molar-refractivity contribution >= 4 is 17.7 Å². The van der Waals surface area contributed by atoms with Crippen LogP contribution in [0.3, 0.4) is 0 Å². The van der Waals surface area contributed by atoms with Gasteiger partial charge in [0.2, 0.25) is 0 Å². The second kappa shape index (κ2) is 8.14. The molecular weight excluding hydrogens is 322 g/mol. The van der Waals surface area contributed by atoms with Gasteiger partial charge < -0.3 is 20.8 Å². The maximum atomic E-state index is 12.0. The lowest BCUT2D eigenvalue weighted by Crippen LogP contribution is -2.31. The number of hydrogen-bond donors (Lipinski definition) is 3. The molecule has 0 radical (unpaired) electrons. The van der Waals surface area contributed by atoms with Gasteiger partial charge in [0.1, 0.15) is 0 Å². The molecule has 0 aliphatic heterocycles. The first-order valence-electron chi connectivity index (χ1n) is 7.98. The van der Waals surface area contributed by atoms with Gasteiger partial charge in [-0.1, -0.05) is 19.1 Å². The minimum absolute atomic E-state index is 0.0124. The van der Waals surface area contributed by atoms with Crippen molar-refractivity contribution in [3.63, 3.8) is 0 Å². The van der Waals surface area contributed by atoms with E-state index in [1.54, 1.807) is 24.3 Å². The molecule has 0 unspecified atom stereocenters. The molecule has 1 heterocycles. The van der Waals surface area contributed by atoms with Crippen molar-refractivity contribution in [3.8, 4) is 0 Å². The number of nitrogens with two attached hydrogens (primary N) is 1. The molecule has 0 saturated heterocycles. The van der Waals surface area contributed by atoms with E-state index in [1.807, 2.05) is 13.8 Å². The molecule has 1 aromatic carbocycles. The Morgan fingerprint density at radius 3 is 2.24 bits per heavy atom. The fourth-order valence-electron chi connectivity index (χ4n) is 2.04. The fourth-order valence-corrected chi connectivity index (χ4v) is 2.04. The third kappa shape index (κ3) is 4.94. The number of primary amides is 1. The van der Waals surface area contributed by atoms with Gasteiger partial charge in [0, 0.05) is 18.2 Å². The normalized spacial score (nSPS) is 11.6. The Bertz CT molecular complexity index is 765. The molecular formula is C18H21N3O4. The van der Waals surface area contributed by atoms with Crippen LogP contribution in [-0.2, 0) is 6.54 Å². The first-order valence-corrected chi connectivity index (χ1v) is 7.98. The van der Waals surface area contributed by atoms with Crippen molar-refractivity contribution in [1.82, 2.24) is 10.6 Å². The zero-order valence-electron chi connectivity index (χ0n) is 14.2. The van der Waals surface area contributed by atoms with Gasteiger partial charge in [0.15, 0.2) is 11.5 Å². The number of nitrogens with one attached hydrogen (secondary N) is 2. The topological polar surface area (TPSA) is 114 Å². The molecule has 0 fully saturated rings. The minimum atomic E-state index is -0.731. The standard InChI is InChI=1S/C18H21N3O4/c1-3-11(2)21-17(23)13-6-4-12(5-7-13)10-20-18(24)15-9-8-14(25-15)16(19)22/h4-9,11H,3,10H2,1-2H3,(H2,19,22)(H,20,24)(H,21,23)/t11-/m1/s1. The molecule has 132 valence electrons. The highest BCUT2D eigenvalue weighted by Crippen LogP contribution is 2.09. The van der Waals surface area contributed by atoms with Crippen molar-refractivity contribution < 1.29 is 18.8 Å². The third-order valence-corrected chi connectivity index (χ3v) is 3.73. The predicted molar refractivity (Wildman–Crippen MR) is 92.1 cm³/mol. The highest BCUT2D eigenvalue weighted by molar-refractivity contribution is 5.95. The van der Waals surface area contributed by atoms with Crippen molar-refractivity contribution in [2.45, 2.75) is 32.9 Å². The van der Waals surface area contributed by atoms with Crippen LogP contribution in [0.5, 0.6) is 0 Å². The summed E-state index contributed by atoms with van der Waals surface area (Å²) in [7, 11) is 0. The van der Waals surface area contributed by atoms with Gasteiger partial charge >= 0.3 is 0 Å². The van der Waals surface area contributed by atoms with Crippen LogP contribution in [0.4, 0.5) is 0 Å². The molecule has 1 aromatic heterocycles. The molecule has 2 aromatic rings. The van der Waals surface area contributed by atoms with Gasteiger partial charge in [-0.3, -0.25) is 14.4 Å². The van der Waals surface area contributed by atoms with Crippen LogP contribution < -0.4 is 16.4 Å². The van der Waals surface area contributed by atoms with Crippen LogP contribution in [0.25, 0.3) is 0 Å². The molecule has 25 heavy (non-hydrogen) atoms. The van der Waals surface area contributed by atoms with E-state index >= 15 is 0 Å². The summed E-state index contributed by atoms with van der Waals surface area (Å²) in [5, 5.41) is 5.56. The summed E-state index contributed by atoms with van der Waals surface area (Å²) < 4.78 is 5.05. The first-order chi connectivity index (χ1) is 11.9. The van der Waals surface area contributed by atoms with Crippen molar-refractivity contribution in [1.29, 1.82) is 0 Å². The van der Waals surface area contributed by atoms with Crippen molar-refractivity contribution in [2.24, 2.45) is 5.73 Å². The highest BCUT2D eigenvalue weighted by Gasteiger charge is 2.13. The molecule has 2 rings (SSSR count). The smallest absolute Gasteiger partial charge is 0.287 e. The van der Waals surface area contributed by atoms with E-state index in [-0.39, 0.29) is 30.0 Å².